The van der Waals surface area contributed by atoms with Gasteiger partial charge in [-0.3, -0.25) is 4.99 Å². The van der Waals surface area contributed by atoms with E-state index in [1.165, 1.54) is 0 Å². The average Bonchev–Trinajstić information content (AvgIpc) is 2.59. The van der Waals surface area contributed by atoms with Crippen LogP contribution in [0.2, 0.25) is 5.15 Å². The lowest BCUT2D eigenvalue weighted by atomic mass is 10.2. The van der Waals surface area contributed by atoms with Crippen molar-refractivity contribution < 1.29 is 9.47 Å². The van der Waals surface area contributed by atoms with Crippen molar-refractivity contribution in [3.8, 4) is 0 Å². The minimum absolute atomic E-state index is 0.521. The molecule has 0 aliphatic heterocycles. The van der Waals surface area contributed by atoms with Gasteiger partial charge in [0.25, 0.3) is 0 Å². The van der Waals surface area contributed by atoms with Crippen molar-refractivity contribution in [3.05, 3.63) is 29.0 Å². The highest BCUT2D eigenvalue weighted by molar-refractivity contribution is 6.29. The summed E-state index contributed by atoms with van der Waals surface area (Å²) in [6.45, 7) is 6.55. The fourth-order valence-electron chi connectivity index (χ4n) is 1.97. The predicted molar refractivity (Wildman–Crippen MR) is 98.9 cm³/mol. The molecule has 6 nitrogen and oxygen atoms in total. The van der Waals surface area contributed by atoms with Crippen LogP contribution in [0.25, 0.3) is 0 Å². The van der Waals surface area contributed by atoms with Gasteiger partial charge in [0.05, 0.1) is 13.2 Å². The number of hydrogen-bond acceptors (Lipinski definition) is 4. The number of nitrogens with one attached hydrogen (secondary N) is 2. The van der Waals surface area contributed by atoms with Crippen LogP contribution in [-0.4, -0.2) is 57.5 Å². The van der Waals surface area contributed by atoms with Gasteiger partial charge in [0.2, 0.25) is 0 Å². The number of methoxy groups -OCH3 is 1. The maximum Gasteiger partial charge on any atom is 0.191 e. The number of pyridine rings is 1. The van der Waals surface area contributed by atoms with E-state index in [2.05, 4.69) is 27.5 Å². The predicted octanol–water partition coefficient (Wildman–Crippen LogP) is 2.28. The van der Waals surface area contributed by atoms with Gasteiger partial charge in [-0.1, -0.05) is 17.7 Å². The summed E-state index contributed by atoms with van der Waals surface area (Å²) in [6.07, 6.45) is 4.69. The Hall–Kier alpha value is -1.37. The molecule has 1 heterocycles. The lowest BCUT2D eigenvalue weighted by molar-refractivity contribution is 0.0690. The Morgan fingerprint density at radius 2 is 2.08 bits per heavy atom. The van der Waals surface area contributed by atoms with Crippen molar-refractivity contribution in [3.63, 3.8) is 0 Å². The van der Waals surface area contributed by atoms with Crippen LogP contribution in [-0.2, 0) is 15.9 Å². The van der Waals surface area contributed by atoms with Crippen molar-refractivity contribution in [2.45, 2.75) is 26.2 Å². The average molecular weight is 357 g/mol. The second-order valence-corrected chi connectivity index (χ2v) is 5.63. The molecule has 1 aromatic rings. The van der Waals surface area contributed by atoms with Crippen LogP contribution in [0.3, 0.4) is 0 Å². The highest BCUT2D eigenvalue weighted by atomic mass is 35.5. The number of guanidine groups is 1. The third-order valence-corrected chi connectivity index (χ3v) is 3.46. The minimum atomic E-state index is 0.521. The van der Waals surface area contributed by atoms with Crippen LogP contribution in [0.15, 0.2) is 23.3 Å². The normalized spacial score (nSPS) is 11.5. The number of unbranched alkanes of at least 4 members (excludes halogenated alkanes) is 1. The van der Waals surface area contributed by atoms with E-state index in [0.717, 1.165) is 57.0 Å². The number of aromatic nitrogens is 1. The first-order valence-corrected chi connectivity index (χ1v) is 8.83. The zero-order valence-electron chi connectivity index (χ0n) is 14.7. The van der Waals surface area contributed by atoms with Gasteiger partial charge < -0.3 is 20.1 Å². The molecule has 0 amide bonds. The van der Waals surface area contributed by atoms with Gasteiger partial charge >= 0.3 is 0 Å². The standard InChI is InChI=1S/C17H29ClN4O2/c1-3-19-17(20-9-4-5-11-24-13-12-23-2)21-10-8-15-6-7-16(18)22-14-15/h6-7,14H,3-5,8-13H2,1-2H3,(H2,19,20,21). The Balaban J connectivity index is 2.18. The Morgan fingerprint density at radius 3 is 2.79 bits per heavy atom. The summed E-state index contributed by atoms with van der Waals surface area (Å²) in [4.78, 5) is 8.65. The van der Waals surface area contributed by atoms with E-state index < -0.39 is 0 Å². The second-order valence-electron chi connectivity index (χ2n) is 5.24. The van der Waals surface area contributed by atoms with Crippen molar-refractivity contribution >= 4 is 17.6 Å². The van der Waals surface area contributed by atoms with Gasteiger partial charge in [-0.2, -0.15) is 0 Å². The third-order valence-electron chi connectivity index (χ3n) is 3.24. The molecule has 1 rings (SSSR count). The molecule has 24 heavy (non-hydrogen) atoms. The van der Waals surface area contributed by atoms with Crippen LogP contribution in [0.4, 0.5) is 0 Å². The first-order valence-electron chi connectivity index (χ1n) is 8.45. The van der Waals surface area contributed by atoms with Crippen molar-refractivity contribution in [1.29, 1.82) is 0 Å². The highest BCUT2D eigenvalue weighted by Crippen LogP contribution is 2.05. The molecule has 0 saturated heterocycles. The van der Waals surface area contributed by atoms with Gasteiger partial charge in [-0.25, -0.2) is 4.98 Å². The van der Waals surface area contributed by atoms with E-state index in [1.54, 1.807) is 13.3 Å². The number of aliphatic imine (C=N–C) groups is 1. The van der Waals surface area contributed by atoms with E-state index in [4.69, 9.17) is 21.1 Å². The molecule has 0 saturated carbocycles. The van der Waals surface area contributed by atoms with Gasteiger partial charge in [0.15, 0.2) is 5.96 Å². The number of hydrogen-bond donors (Lipinski definition) is 2. The first-order chi connectivity index (χ1) is 11.8. The van der Waals surface area contributed by atoms with Crippen LogP contribution in [0, 0.1) is 0 Å². The fraction of sp³-hybridized carbons (Fsp3) is 0.647. The Bertz CT molecular complexity index is 454. The molecule has 136 valence electrons. The molecule has 0 aromatic carbocycles. The molecule has 0 aliphatic carbocycles. The summed E-state index contributed by atoms with van der Waals surface area (Å²) in [7, 11) is 1.68. The van der Waals surface area contributed by atoms with Gasteiger partial charge in [-0.15, -0.1) is 0 Å². The van der Waals surface area contributed by atoms with Gasteiger partial charge in [0.1, 0.15) is 5.15 Å². The molecule has 0 radical (unpaired) electrons. The smallest absolute Gasteiger partial charge is 0.191 e. The lowest BCUT2D eigenvalue weighted by Crippen LogP contribution is -2.38. The summed E-state index contributed by atoms with van der Waals surface area (Å²) in [5.41, 5.74) is 1.15. The Kier molecular flexibility index (Phi) is 12.1. The summed E-state index contributed by atoms with van der Waals surface area (Å²) >= 11 is 5.78. The summed E-state index contributed by atoms with van der Waals surface area (Å²) in [5, 5.41) is 7.11. The zero-order valence-corrected chi connectivity index (χ0v) is 15.4. The monoisotopic (exact) mass is 356 g/mol. The van der Waals surface area contributed by atoms with E-state index in [1.807, 2.05) is 12.1 Å². The maximum absolute atomic E-state index is 5.78. The van der Waals surface area contributed by atoms with E-state index in [9.17, 15) is 0 Å². The molecule has 7 heteroatoms. The SMILES string of the molecule is CCNC(=NCCCCOCCOC)NCCc1ccc(Cl)nc1. The molecule has 0 spiro atoms. The summed E-state index contributed by atoms with van der Waals surface area (Å²) in [6, 6.07) is 3.80. The molecule has 0 bridgehead atoms. The maximum atomic E-state index is 5.78. The zero-order chi connectivity index (χ0) is 17.5. The largest absolute Gasteiger partial charge is 0.382 e. The number of rotatable bonds is 12. The summed E-state index contributed by atoms with van der Waals surface area (Å²) in [5.74, 6) is 0.847. The molecule has 2 N–H and O–H groups in total. The third kappa shape index (κ3) is 10.4. The van der Waals surface area contributed by atoms with Crippen LogP contribution in [0.5, 0.6) is 0 Å². The molecule has 0 unspecified atom stereocenters. The number of nitrogens with zero attached hydrogens (tertiary/aromatic N) is 2. The van der Waals surface area contributed by atoms with E-state index in [-0.39, 0.29) is 0 Å². The topological polar surface area (TPSA) is 67.8 Å². The van der Waals surface area contributed by atoms with Crippen LogP contribution < -0.4 is 10.6 Å². The lowest BCUT2D eigenvalue weighted by Gasteiger charge is -2.11. The highest BCUT2D eigenvalue weighted by Gasteiger charge is 1.98. The molecule has 0 aliphatic rings. The fourth-order valence-corrected chi connectivity index (χ4v) is 2.08. The molecule has 1 aromatic heterocycles. The van der Waals surface area contributed by atoms with Crippen molar-refractivity contribution in [2.75, 3.05) is 46.6 Å². The van der Waals surface area contributed by atoms with Gasteiger partial charge in [0, 0.05) is 39.5 Å². The first kappa shape index (κ1) is 20.7. The van der Waals surface area contributed by atoms with E-state index >= 15 is 0 Å². The molecular weight excluding hydrogens is 328 g/mol. The molecule has 0 atom stereocenters. The Morgan fingerprint density at radius 1 is 1.21 bits per heavy atom. The molecular formula is C17H29ClN4O2. The van der Waals surface area contributed by atoms with Gasteiger partial charge in [-0.05, 0) is 37.8 Å². The molecule has 0 fully saturated rings. The minimum Gasteiger partial charge on any atom is -0.382 e. The van der Waals surface area contributed by atoms with Crippen LogP contribution in [0.1, 0.15) is 25.3 Å². The van der Waals surface area contributed by atoms with E-state index in [0.29, 0.717) is 18.4 Å². The number of ether oxygens (including phenoxy) is 2. The number of halogens is 1. The second kappa shape index (κ2) is 14.0. The summed E-state index contributed by atoms with van der Waals surface area (Å²) < 4.78 is 10.4. The van der Waals surface area contributed by atoms with Crippen molar-refractivity contribution in [1.82, 2.24) is 15.6 Å². The van der Waals surface area contributed by atoms with Crippen molar-refractivity contribution in [2.24, 2.45) is 4.99 Å². The quantitative estimate of drug-likeness (QED) is 0.260. The van der Waals surface area contributed by atoms with Crippen LogP contribution >= 0.6 is 11.6 Å². The Labute approximate surface area is 150 Å².